The zero-order chi connectivity index (χ0) is 14.1. The van der Waals surface area contributed by atoms with Crippen LogP contribution in [-0.2, 0) is 0 Å². The van der Waals surface area contributed by atoms with E-state index in [1.54, 1.807) is 16.2 Å². The second-order valence-electron chi connectivity index (χ2n) is 5.16. The van der Waals surface area contributed by atoms with Gasteiger partial charge in [-0.05, 0) is 38.0 Å². The van der Waals surface area contributed by atoms with Crippen LogP contribution in [0.1, 0.15) is 17.8 Å². The molecule has 5 nitrogen and oxygen atoms in total. The lowest BCUT2D eigenvalue weighted by atomic mass is 10.0. The second-order valence-corrected chi connectivity index (χ2v) is 6.39. The number of carbonyl (C=O) groups is 1. The number of piperidine rings is 1. The Labute approximate surface area is 121 Å². The molecule has 1 fully saturated rings. The summed E-state index contributed by atoms with van der Waals surface area (Å²) < 4.78 is 1.21. The van der Waals surface area contributed by atoms with Crippen LogP contribution in [0.15, 0.2) is 18.2 Å². The topological polar surface area (TPSA) is 71.2 Å². The quantitative estimate of drug-likeness (QED) is 0.893. The molecule has 2 aromatic rings. The summed E-state index contributed by atoms with van der Waals surface area (Å²) in [6.45, 7) is 3.49. The lowest BCUT2D eigenvalue weighted by Crippen LogP contribution is -2.44. The first kappa shape index (κ1) is 13.2. The third-order valence-corrected chi connectivity index (χ3v) is 4.61. The van der Waals surface area contributed by atoms with Crippen molar-refractivity contribution in [3.8, 4) is 0 Å². The van der Waals surface area contributed by atoms with Crippen molar-refractivity contribution >= 4 is 33.3 Å². The highest BCUT2D eigenvalue weighted by Gasteiger charge is 2.21. The van der Waals surface area contributed by atoms with Gasteiger partial charge in [-0.15, -0.1) is 11.3 Å². The van der Waals surface area contributed by atoms with Crippen LogP contribution in [0, 0.1) is 6.92 Å². The number of nitrogens with zero attached hydrogens (tertiary/aromatic N) is 2. The van der Waals surface area contributed by atoms with Gasteiger partial charge in [-0.3, -0.25) is 0 Å². The number of hydrogen-bond donors (Lipinski definition) is 2. The Hall–Kier alpha value is -1.82. The minimum Gasteiger partial charge on any atom is -0.382 e. The van der Waals surface area contributed by atoms with Crippen molar-refractivity contribution in [2.24, 2.45) is 5.73 Å². The van der Waals surface area contributed by atoms with Crippen molar-refractivity contribution in [2.45, 2.75) is 25.8 Å². The van der Waals surface area contributed by atoms with E-state index in [1.807, 2.05) is 6.92 Å². The number of aromatic nitrogens is 1. The Balaban J connectivity index is 1.66. The summed E-state index contributed by atoms with van der Waals surface area (Å²) in [6, 6.07) is 6.37. The number of carbonyl (C=O) groups excluding carboxylic acids is 1. The maximum absolute atomic E-state index is 11.1. The molecule has 0 unspecified atom stereocenters. The number of nitrogens with two attached hydrogens (primary N) is 1. The molecule has 0 bridgehead atoms. The summed E-state index contributed by atoms with van der Waals surface area (Å²) >= 11 is 1.71. The number of primary amides is 1. The maximum atomic E-state index is 11.1. The third kappa shape index (κ3) is 2.70. The number of hydrogen-bond acceptors (Lipinski definition) is 4. The zero-order valence-electron chi connectivity index (χ0n) is 11.4. The fourth-order valence-corrected chi connectivity index (χ4v) is 3.48. The minimum absolute atomic E-state index is 0.315. The lowest BCUT2D eigenvalue weighted by Gasteiger charge is -2.31. The summed E-state index contributed by atoms with van der Waals surface area (Å²) in [4.78, 5) is 17.3. The fourth-order valence-electron chi connectivity index (χ4n) is 2.61. The molecule has 0 aliphatic carbocycles. The van der Waals surface area contributed by atoms with Gasteiger partial charge in [-0.25, -0.2) is 9.78 Å². The second kappa shape index (κ2) is 5.28. The minimum atomic E-state index is -0.315. The molecule has 1 aromatic heterocycles. The number of thiazole rings is 1. The number of aryl methyl sites for hydroxylation is 1. The van der Waals surface area contributed by atoms with Crippen molar-refractivity contribution in [1.29, 1.82) is 0 Å². The molecule has 2 amide bonds. The van der Waals surface area contributed by atoms with Crippen LogP contribution in [0.2, 0.25) is 0 Å². The van der Waals surface area contributed by atoms with E-state index in [0.717, 1.165) is 42.1 Å². The highest BCUT2D eigenvalue weighted by atomic mass is 32.1. The summed E-state index contributed by atoms with van der Waals surface area (Å²) in [5.41, 5.74) is 7.47. The van der Waals surface area contributed by atoms with E-state index in [1.165, 1.54) is 4.70 Å². The van der Waals surface area contributed by atoms with Crippen LogP contribution in [-0.4, -0.2) is 35.0 Å². The van der Waals surface area contributed by atoms with E-state index in [2.05, 4.69) is 28.5 Å². The van der Waals surface area contributed by atoms with Crippen LogP contribution in [0.5, 0.6) is 0 Å². The third-order valence-electron chi connectivity index (χ3n) is 3.67. The molecule has 0 atom stereocenters. The largest absolute Gasteiger partial charge is 0.382 e. The highest BCUT2D eigenvalue weighted by Crippen LogP contribution is 2.26. The average Bonchev–Trinajstić information content (AvgIpc) is 2.78. The van der Waals surface area contributed by atoms with Crippen LogP contribution >= 0.6 is 11.3 Å². The molecule has 0 saturated carbocycles. The number of nitrogens with one attached hydrogen (secondary N) is 1. The molecule has 1 saturated heterocycles. The molecule has 1 aliphatic heterocycles. The number of benzene rings is 1. The molecule has 0 radical (unpaired) electrons. The van der Waals surface area contributed by atoms with Crippen LogP contribution in [0.3, 0.4) is 0 Å². The maximum Gasteiger partial charge on any atom is 0.314 e. The number of anilines is 1. The first-order valence-electron chi connectivity index (χ1n) is 6.80. The smallest absolute Gasteiger partial charge is 0.314 e. The van der Waals surface area contributed by atoms with E-state index < -0.39 is 0 Å². The van der Waals surface area contributed by atoms with Crippen molar-refractivity contribution in [3.63, 3.8) is 0 Å². The van der Waals surface area contributed by atoms with Crippen molar-refractivity contribution in [2.75, 3.05) is 18.4 Å². The van der Waals surface area contributed by atoms with E-state index in [-0.39, 0.29) is 6.03 Å². The zero-order valence-corrected chi connectivity index (χ0v) is 12.2. The van der Waals surface area contributed by atoms with Gasteiger partial charge in [-0.1, -0.05) is 0 Å². The number of likely N-dealkylation sites (tertiary alicyclic amines) is 1. The summed E-state index contributed by atoms with van der Waals surface area (Å²) in [5, 5.41) is 4.63. The van der Waals surface area contributed by atoms with Crippen LogP contribution in [0.25, 0.3) is 10.2 Å². The standard InChI is InChI=1S/C14H18N4OS/c1-9-16-12-3-2-11(8-13(12)20-9)17-10-4-6-18(7-5-10)14(15)19/h2-3,8,10,17H,4-7H2,1H3,(H2,15,19). The van der Waals surface area contributed by atoms with Crippen LogP contribution < -0.4 is 11.1 Å². The molecular formula is C14H18N4OS. The highest BCUT2D eigenvalue weighted by molar-refractivity contribution is 7.18. The molecular weight excluding hydrogens is 272 g/mol. The Morgan fingerprint density at radius 1 is 1.45 bits per heavy atom. The molecule has 6 heteroatoms. The Bertz CT molecular complexity index is 631. The molecule has 3 rings (SSSR count). The molecule has 106 valence electrons. The number of fused-ring (bicyclic) bond motifs is 1. The number of rotatable bonds is 2. The van der Waals surface area contributed by atoms with Gasteiger partial charge in [0.15, 0.2) is 0 Å². The van der Waals surface area contributed by atoms with Gasteiger partial charge in [0.05, 0.1) is 15.2 Å². The van der Waals surface area contributed by atoms with Crippen LogP contribution in [0.4, 0.5) is 10.5 Å². The summed E-state index contributed by atoms with van der Waals surface area (Å²) in [6.07, 6.45) is 1.87. The number of amides is 2. The molecule has 3 N–H and O–H groups in total. The normalized spacial score (nSPS) is 16.6. The monoisotopic (exact) mass is 290 g/mol. The first-order valence-corrected chi connectivity index (χ1v) is 7.61. The first-order chi connectivity index (χ1) is 9.61. The van der Waals surface area contributed by atoms with Crippen molar-refractivity contribution in [3.05, 3.63) is 23.2 Å². The molecule has 2 heterocycles. The Kier molecular flexibility index (Phi) is 3.48. The fraction of sp³-hybridized carbons (Fsp3) is 0.429. The number of urea groups is 1. The Morgan fingerprint density at radius 2 is 2.20 bits per heavy atom. The molecule has 1 aromatic carbocycles. The van der Waals surface area contributed by atoms with Gasteiger partial charge >= 0.3 is 6.03 Å². The van der Waals surface area contributed by atoms with Crippen molar-refractivity contribution < 1.29 is 4.79 Å². The predicted octanol–water partition coefficient (Wildman–Crippen LogP) is 2.56. The molecule has 20 heavy (non-hydrogen) atoms. The van der Waals surface area contributed by atoms with Gasteiger partial charge in [0.25, 0.3) is 0 Å². The average molecular weight is 290 g/mol. The van der Waals surface area contributed by atoms with Crippen molar-refractivity contribution in [1.82, 2.24) is 9.88 Å². The van der Waals surface area contributed by atoms with E-state index in [4.69, 9.17) is 5.73 Å². The van der Waals surface area contributed by atoms with E-state index in [0.29, 0.717) is 6.04 Å². The summed E-state index contributed by atoms with van der Waals surface area (Å²) in [5.74, 6) is 0. The van der Waals surface area contributed by atoms with E-state index in [9.17, 15) is 4.79 Å². The molecule has 1 aliphatic rings. The van der Waals surface area contributed by atoms with Gasteiger partial charge < -0.3 is 16.0 Å². The Morgan fingerprint density at radius 3 is 2.90 bits per heavy atom. The van der Waals surface area contributed by atoms with Gasteiger partial charge in [-0.2, -0.15) is 0 Å². The van der Waals surface area contributed by atoms with E-state index >= 15 is 0 Å². The van der Waals surface area contributed by atoms with Gasteiger partial charge in [0.2, 0.25) is 0 Å². The predicted molar refractivity (Wildman–Crippen MR) is 82.2 cm³/mol. The van der Waals surface area contributed by atoms with Gasteiger partial charge in [0, 0.05) is 24.8 Å². The lowest BCUT2D eigenvalue weighted by molar-refractivity contribution is 0.193. The molecule has 0 spiro atoms. The van der Waals surface area contributed by atoms with Gasteiger partial charge in [0.1, 0.15) is 0 Å². The summed E-state index contributed by atoms with van der Waals surface area (Å²) in [7, 11) is 0. The SMILES string of the molecule is Cc1nc2ccc(NC3CCN(C(N)=O)CC3)cc2s1.